The van der Waals surface area contributed by atoms with Gasteiger partial charge in [-0.15, -0.1) is 0 Å². The van der Waals surface area contributed by atoms with Gasteiger partial charge in [0.1, 0.15) is 5.65 Å². The third kappa shape index (κ3) is 1.64. The first-order valence-electron chi connectivity index (χ1n) is 5.35. The van der Waals surface area contributed by atoms with Gasteiger partial charge < -0.3 is 0 Å². The van der Waals surface area contributed by atoms with Gasteiger partial charge in [-0.1, -0.05) is 0 Å². The summed E-state index contributed by atoms with van der Waals surface area (Å²) in [4.78, 5) is 19.8. The van der Waals surface area contributed by atoms with E-state index >= 15 is 0 Å². The van der Waals surface area contributed by atoms with Gasteiger partial charge in [-0.2, -0.15) is 0 Å². The summed E-state index contributed by atoms with van der Waals surface area (Å²) in [5, 5.41) is 3.78. The molecule has 0 bridgehead atoms. The maximum atomic E-state index is 11.2. The number of anilines is 1. The number of amides is 1. The van der Waals surface area contributed by atoms with Crippen LogP contribution in [0.1, 0.15) is 6.92 Å². The van der Waals surface area contributed by atoms with Crippen molar-refractivity contribution in [3.63, 3.8) is 0 Å². The van der Waals surface area contributed by atoms with Crippen molar-refractivity contribution >= 4 is 51.0 Å². The summed E-state index contributed by atoms with van der Waals surface area (Å²) in [6.07, 6.45) is 3.41. The van der Waals surface area contributed by atoms with Crippen LogP contribution >= 0.6 is 22.6 Å². The van der Waals surface area contributed by atoms with Crippen LogP contribution in [-0.2, 0) is 4.79 Å². The van der Waals surface area contributed by atoms with Crippen LogP contribution in [0.2, 0.25) is 0 Å². The summed E-state index contributed by atoms with van der Waals surface area (Å²) in [6, 6.07) is 5.82. The molecule has 0 spiro atoms. The van der Waals surface area contributed by atoms with Gasteiger partial charge in [-0.05, 0) is 40.8 Å². The molecule has 0 fully saturated rings. The zero-order valence-corrected chi connectivity index (χ0v) is 11.7. The van der Waals surface area contributed by atoms with E-state index in [9.17, 15) is 4.79 Å². The molecule has 0 saturated heterocycles. The van der Waals surface area contributed by atoms with Crippen molar-refractivity contribution in [2.75, 3.05) is 5.32 Å². The summed E-state index contributed by atoms with van der Waals surface area (Å²) in [7, 11) is 0. The van der Waals surface area contributed by atoms with E-state index < -0.39 is 0 Å². The minimum Gasteiger partial charge on any atom is -0.296 e. The van der Waals surface area contributed by atoms with Crippen LogP contribution in [0.15, 0.2) is 30.6 Å². The maximum absolute atomic E-state index is 11.2. The number of carbonyl (C=O) groups excluding carboxylic acids is 1. The predicted molar refractivity (Wildman–Crippen MR) is 77.5 cm³/mol. The molecule has 90 valence electrons. The zero-order chi connectivity index (χ0) is 12.7. The van der Waals surface area contributed by atoms with Gasteiger partial charge in [-0.3, -0.25) is 14.5 Å². The van der Waals surface area contributed by atoms with Gasteiger partial charge >= 0.3 is 0 Å². The first-order valence-corrected chi connectivity index (χ1v) is 6.43. The van der Waals surface area contributed by atoms with Crippen molar-refractivity contribution in [2.45, 2.75) is 6.92 Å². The highest BCUT2D eigenvalue weighted by atomic mass is 127. The SMILES string of the molecule is CC(=O)Nc1nccc2c(I)c3cccnc3n12. The molecule has 0 aliphatic heterocycles. The molecule has 3 rings (SSSR count). The molecule has 3 aromatic rings. The lowest BCUT2D eigenvalue weighted by Gasteiger charge is -2.05. The lowest BCUT2D eigenvalue weighted by molar-refractivity contribution is -0.114. The van der Waals surface area contributed by atoms with E-state index in [4.69, 9.17) is 0 Å². The molecule has 6 heteroatoms. The Bertz CT molecular complexity index is 765. The Hall–Kier alpha value is -1.70. The van der Waals surface area contributed by atoms with Crippen LogP contribution in [-0.4, -0.2) is 20.3 Å². The Labute approximate surface area is 116 Å². The quantitative estimate of drug-likeness (QED) is 0.685. The summed E-state index contributed by atoms with van der Waals surface area (Å²) < 4.78 is 2.96. The standard InChI is InChI=1S/C12H9IN4O/c1-7(18)16-12-15-6-4-9-10(13)8-3-2-5-14-11(8)17(9)12/h2-6H,1H3,(H,15,16,18). The van der Waals surface area contributed by atoms with E-state index in [1.165, 1.54) is 6.92 Å². The number of halogens is 1. The van der Waals surface area contributed by atoms with Gasteiger partial charge in [0.25, 0.3) is 0 Å². The largest absolute Gasteiger partial charge is 0.296 e. The summed E-state index contributed by atoms with van der Waals surface area (Å²) >= 11 is 2.28. The highest BCUT2D eigenvalue weighted by Gasteiger charge is 2.13. The number of nitrogens with one attached hydrogen (secondary N) is 1. The fourth-order valence-electron chi connectivity index (χ4n) is 1.94. The number of carbonyl (C=O) groups is 1. The molecule has 5 nitrogen and oxygen atoms in total. The molecular formula is C12H9IN4O. The third-order valence-electron chi connectivity index (χ3n) is 2.63. The number of rotatable bonds is 1. The molecule has 0 unspecified atom stereocenters. The lowest BCUT2D eigenvalue weighted by Crippen LogP contribution is -2.11. The van der Waals surface area contributed by atoms with E-state index in [1.54, 1.807) is 12.4 Å². The number of fused-ring (bicyclic) bond motifs is 3. The summed E-state index contributed by atoms with van der Waals surface area (Å²) in [6.45, 7) is 1.46. The number of hydrogen-bond acceptors (Lipinski definition) is 3. The van der Waals surface area contributed by atoms with Crippen LogP contribution < -0.4 is 5.32 Å². The normalized spacial score (nSPS) is 11.0. The Morgan fingerprint density at radius 2 is 2.17 bits per heavy atom. The fraction of sp³-hybridized carbons (Fsp3) is 0.0833. The van der Waals surface area contributed by atoms with Crippen LogP contribution in [0.5, 0.6) is 0 Å². The number of nitrogens with zero attached hydrogens (tertiary/aromatic N) is 3. The highest BCUT2D eigenvalue weighted by Crippen LogP contribution is 2.28. The van der Waals surface area contributed by atoms with Crippen LogP contribution in [0.3, 0.4) is 0 Å². The number of pyridine rings is 1. The molecule has 0 saturated carbocycles. The molecule has 3 heterocycles. The fourth-order valence-corrected chi connectivity index (χ4v) is 2.78. The van der Waals surface area contributed by atoms with Crippen LogP contribution in [0, 0.1) is 3.57 Å². The van der Waals surface area contributed by atoms with Gasteiger partial charge in [0, 0.05) is 28.3 Å². The predicted octanol–water partition coefficient (Wildman–Crippen LogP) is 2.45. The summed E-state index contributed by atoms with van der Waals surface area (Å²) in [5.74, 6) is 0.342. The van der Waals surface area contributed by atoms with Crippen molar-refractivity contribution in [1.82, 2.24) is 14.4 Å². The highest BCUT2D eigenvalue weighted by molar-refractivity contribution is 14.1. The second-order valence-corrected chi connectivity index (χ2v) is 4.94. The first-order chi connectivity index (χ1) is 8.68. The van der Waals surface area contributed by atoms with Gasteiger partial charge in [0.15, 0.2) is 0 Å². The minimum atomic E-state index is -0.150. The Morgan fingerprint density at radius 3 is 2.94 bits per heavy atom. The molecule has 1 N–H and O–H groups in total. The van der Waals surface area contributed by atoms with Crippen molar-refractivity contribution in [3.05, 3.63) is 34.2 Å². The maximum Gasteiger partial charge on any atom is 0.223 e. The number of hydrogen-bond donors (Lipinski definition) is 1. The van der Waals surface area contributed by atoms with Crippen LogP contribution in [0.4, 0.5) is 5.95 Å². The van der Waals surface area contributed by atoms with E-state index in [0.717, 1.165) is 20.1 Å². The molecule has 0 aliphatic carbocycles. The van der Waals surface area contributed by atoms with Gasteiger partial charge in [-0.25, -0.2) is 9.97 Å². The molecule has 0 atom stereocenters. The zero-order valence-electron chi connectivity index (χ0n) is 9.51. The molecular weight excluding hydrogens is 343 g/mol. The van der Waals surface area contributed by atoms with Gasteiger partial charge in [0.2, 0.25) is 11.9 Å². The minimum absolute atomic E-state index is 0.150. The van der Waals surface area contributed by atoms with Crippen molar-refractivity contribution in [2.24, 2.45) is 0 Å². The average Bonchev–Trinajstić information content (AvgIpc) is 2.65. The van der Waals surface area contributed by atoms with Crippen molar-refractivity contribution in [1.29, 1.82) is 0 Å². The monoisotopic (exact) mass is 352 g/mol. The topological polar surface area (TPSA) is 59.3 Å². The molecule has 0 radical (unpaired) electrons. The van der Waals surface area contributed by atoms with E-state index in [1.807, 2.05) is 22.6 Å². The Kier molecular flexibility index (Phi) is 2.66. The summed E-state index contributed by atoms with van der Waals surface area (Å²) in [5.41, 5.74) is 1.79. The van der Waals surface area contributed by atoms with Crippen LogP contribution in [0.25, 0.3) is 16.6 Å². The van der Waals surface area contributed by atoms with E-state index in [-0.39, 0.29) is 5.91 Å². The molecule has 1 amide bonds. The van der Waals surface area contributed by atoms with Crippen molar-refractivity contribution in [3.8, 4) is 0 Å². The van der Waals surface area contributed by atoms with E-state index in [0.29, 0.717) is 5.95 Å². The smallest absolute Gasteiger partial charge is 0.223 e. The van der Waals surface area contributed by atoms with Crippen molar-refractivity contribution < 1.29 is 4.79 Å². The molecule has 3 aromatic heterocycles. The average molecular weight is 352 g/mol. The molecule has 0 aromatic carbocycles. The third-order valence-corrected chi connectivity index (χ3v) is 3.76. The second-order valence-electron chi connectivity index (χ2n) is 3.86. The lowest BCUT2D eigenvalue weighted by atomic mass is 10.3. The Morgan fingerprint density at radius 1 is 1.33 bits per heavy atom. The van der Waals surface area contributed by atoms with Gasteiger partial charge in [0.05, 0.1) is 5.52 Å². The molecule has 18 heavy (non-hydrogen) atoms. The first kappa shape index (κ1) is 11.4. The Balaban J connectivity index is 2.45. The second kappa shape index (κ2) is 4.20. The van der Waals surface area contributed by atoms with E-state index in [2.05, 4.69) is 37.9 Å². The number of aromatic nitrogens is 3. The molecule has 0 aliphatic rings.